The van der Waals surface area contributed by atoms with Crippen molar-refractivity contribution in [2.75, 3.05) is 26.3 Å². The quantitative estimate of drug-likeness (QED) is 0.462. The fraction of sp³-hybridized carbons (Fsp3) is 0.333. The fourth-order valence-corrected chi connectivity index (χ4v) is 4.73. The van der Waals surface area contributed by atoms with Crippen molar-refractivity contribution in [2.24, 2.45) is 0 Å². The van der Waals surface area contributed by atoms with E-state index in [1.807, 2.05) is 37.3 Å². The molecule has 1 saturated heterocycles. The van der Waals surface area contributed by atoms with Gasteiger partial charge in [0.15, 0.2) is 0 Å². The summed E-state index contributed by atoms with van der Waals surface area (Å²) < 4.78 is 8.80. The first-order valence-electron chi connectivity index (χ1n) is 11.8. The summed E-state index contributed by atoms with van der Waals surface area (Å²) in [5.41, 5.74) is 4.56. The summed E-state index contributed by atoms with van der Waals surface area (Å²) in [5.74, 6) is 0. The molecule has 2 aromatic heterocycles. The predicted octanol–water partition coefficient (Wildman–Crippen LogP) is 2.92. The molecule has 0 spiro atoms. The monoisotopic (exact) mass is 458 g/mol. The van der Waals surface area contributed by atoms with Crippen molar-refractivity contribution in [1.82, 2.24) is 19.2 Å². The van der Waals surface area contributed by atoms with Crippen LogP contribution in [0.4, 0.5) is 0 Å². The molecule has 1 N–H and O–H groups in total. The van der Waals surface area contributed by atoms with Crippen LogP contribution in [0.1, 0.15) is 22.4 Å². The highest BCUT2D eigenvalue weighted by atomic mass is 16.5. The standard InChI is InChI=1S/C27H30N4O3/c1-20-26-24(28-31(27(26)33)12-11-21-7-3-2-4-8-21)17-25(32)30(20)19-23-10-6-5-9-22(23)18-29-13-15-34-16-14-29/h2-10,17,28H,11-16,18-19H2,1H3. The Balaban J connectivity index is 1.44. The molecule has 0 bridgehead atoms. The van der Waals surface area contributed by atoms with E-state index in [1.54, 1.807) is 15.3 Å². The van der Waals surface area contributed by atoms with Gasteiger partial charge in [-0.05, 0) is 30.0 Å². The molecule has 0 unspecified atom stereocenters. The smallest absolute Gasteiger partial charge is 0.276 e. The maximum absolute atomic E-state index is 13.2. The third-order valence-corrected chi connectivity index (χ3v) is 6.70. The molecule has 0 amide bonds. The van der Waals surface area contributed by atoms with Crippen LogP contribution in [0.2, 0.25) is 0 Å². The number of aromatic amines is 1. The number of pyridine rings is 1. The Kier molecular flexibility index (Phi) is 6.47. The zero-order valence-corrected chi connectivity index (χ0v) is 19.5. The molecule has 0 aliphatic carbocycles. The minimum atomic E-state index is -0.109. The van der Waals surface area contributed by atoms with E-state index in [0.29, 0.717) is 29.7 Å². The summed E-state index contributed by atoms with van der Waals surface area (Å²) in [4.78, 5) is 28.7. The van der Waals surface area contributed by atoms with Crippen molar-refractivity contribution >= 4 is 10.9 Å². The van der Waals surface area contributed by atoms with Gasteiger partial charge in [0, 0.05) is 37.9 Å². The fourth-order valence-electron chi connectivity index (χ4n) is 4.73. The van der Waals surface area contributed by atoms with Crippen LogP contribution in [-0.4, -0.2) is 45.6 Å². The highest BCUT2D eigenvalue weighted by molar-refractivity contribution is 5.80. The van der Waals surface area contributed by atoms with Crippen LogP contribution in [0.3, 0.4) is 0 Å². The Morgan fingerprint density at radius 3 is 2.32 bits per heavy atom. The third kappa shape index (κ3) is 4.62. The molecule has 0 saturated carbocycles. The molecule has 1 fully saturated rings. The van der Waals surface area contributed by atoms with Crippen molar-refractivity contribution in [3.63, 3.8) is 0 Å². The van der Waals surface area contributed by atoms with Crippen molar-refractivity contribution in [3.05, 3.63) is 104 Å². The molecule has 34 heavy (non-hydrogen) atoms. The van der Waals surface area contributed by atoms with Gasteiger partial charge in [-0.2, -0.15) is 0 Å². The zero-order valence-electron chi connectivity index (χ0n) is 19.5. The number of H-pyrrole nitrogens is 1. The second-order valence-corrected chi connectivity index (χ2v) is 8.90. The van der Waals surface area contributed by atoms with Gasteiger partial charge in [-0.1, -0.05) is 54.6 Å². The molecular formula is C27H30N4O3. The van der Waals surface area contributed by atoms with Crippen molar-refractivity contribution in [2.45, 2.75) is 33.0 Å². The molecule has 7 heteroatoms. The van der Waals surface area contributed by atoms with E-state index in [0.717, 1.165) is 44.8 Å². The lowest BCUT2D eigenvalue weighted by Gasteiger charge is -2.27. The highest BCUT2D eigenvalue weighted by Gasteiger charge is 2.17. The van der Waals surface area contributed by atoms with E-state index < -0.39 is 0 Å². The number of aromatic nitrogens is 3. The number of rotatable bonds is 7. The molecule has 4 aromatic rings. The summed E-state index contributed by atoms with van der Waals surface area (Å²) in [7, 11) is 0. The van der Waals surface area contributed by atoms with Crippen LogP contribution in [0.15, 0.2) is 70.3 Å². The Morgan fingerprint density at radius 2 is 1.59 bits per heavy atom. The second kappa shape index (κ2) is 9.83. The number of nitrogens with zero attached hydrogens (tertiary/aromatic N) is 3. The lowest BCUT2D eigenvalue weighted by molar-refractivity contribution is 0.0340. The summed E-state index contributed by atoms with van der Waals surface area (Å²) in [6.07, 6.45) is 0.742. The minimum Gasteiger partial charge on any atom is -0.379 e. The topological polar surface area (TPSA) is 72.3 Å². The number of hydrogen-bond donors (Lipinski definition) is 1. The van der Waals surface area contributed by atoms with E-state index in [-0.39, 0.29) is 11.1 Å². The van der Waals surface area contributed by atoms with Gasteiger partial charge in [0.05, 0.1) is 30.7 Å². The number of morpholine rings is 1. The number of ether oxygens (including phenoxy) is 1. The first-order chi connectivity index (χ1) is 16.6. The summed E-state index contributed by atoms with van der Waals surface area (Å²) in [6, 6.07) is 19.9. The van der Waals surface area contributed by atoms with Gasteiger partial charge >= 0.3 is 0 Å². The van der Waals surface area contributed by atoms with E-state index in [2.05, 4.69) is 34.3 Å². The first-order valence-corrected chi connectivity index (χ1v) is 11.8. The summed E-state index contributed by atoms with van der Waals surface area (Å²) >= 11 is 0. The SMILES string of the molecule is Cc1c2c(=O)n(CCc3ccccc3)[nH]c2cc(=O)n1Cc1ccccc1CN1CCOCC1. The maximum Gasteiger partial charge on any atom is 0.276 e. The van der Waals surface area contributed by atoms with E-state index in [1.165, 1.54) is 11.1 Å². The van der Waals surface area contributed by atoms with Gasteiger partial charge in [-0.3, -0.25) is 24.3 Å². The van der Waals surface area contributed by atoms with E-state index >= 15 is 0 Å². The largest absolute Gasteiger partial charge is 0.379 e. The third-order valence-electron chi connectivity index (χ3n) is 6.70. The van der Waals surface area contributed by atoms with Gasteiger partial charge in [0.1, 0.15) is 0 Å². The molecule has 2 aromatic carbocycles. The van der Waals surface area contributed by atoms with E-state index in [9.17, 15) is 9.59 Å². The molecule has 0 radical (unpaired) electrons. The highest BCUT2D eigenvalue weighted by Crippen LogP contribution is 2.17. The van der Waals surface area contributed by atoms with E-state index in [4.69, 9.17) is 4.74 Å². The maximum atomic E-state index is 13.2. The molecule has 7 nitrogen and oxygen atoms in total. The normalized spacial score (nSPS) is 14.6. The van der Waals surface area contributed by atoms with Crippen LogP contribution in [0.25, 0.3) is 10.9 Å². The van der Waals surface area contributed by atoms with Gasteiger partial charge < -0.3 is 9.30 Å². The molecule has 0 atom stereocenters. The minimum absolute atomic E-state index is 0.0845. The summed E-state index contributed by atoms with van der Waals surface area (Å²) in [5, 5.41) is 3.73. The second-order valence-electron chi connectivity index (χ2n) is 8.90. The summed E-state index contributed by atoms with van der Waals surface area (Å²) in [6.45, 7) is 6.99. The van der Waals surface area contributed by atoms with Gasteiger partial charge in [-0.15, -0.1) is 0 Å². The molecule has 1 aliphatic heterocycles. The molecule has 5 rings (SSSR count). The first kappa shape index (κ1) is 22.4. The lowest BCUT2D eigenvalue weighted by atomic mass is 10.1. The number of benzene rings is 2. The van der Waals surface area contributed by atoms with Crippen LogP contribution >= 0.6 is 0 Å². The van der Waals surface area contributed by atoms with Crippen LogP contribution < -0.4 is 11.1 Å². The number of hydrogen-bond acceptors (Lipinski definition) is 4. The van der Waals surface area contributed by atoms with Gasteiger partial charge in [-0.25, -0.2) is 0 Å². The van der Waals surface area contributed by atoms with Crippen LogP contribution in [-0.2, 0) is 30.8 Å². The average Bonchev–Trinajstić information content (AvgIpc) is 3.17. The van der Waals surface area contributed by atoms with Crippen molar-refractivity contribution < 1.29 is 4.74 Å². The number of aryl methyl sites for hydroxylation is 3. The Morgan fingerprint density at radius 1 is 0.912 bits per heavy atom. The molecule has 3 heterocycles. The van der Waals surface area contributed by atoms with Gasteiger partial charge in [0.2, 0.25) is 0 Å². The number of fused-ring (bicyclic) bond motifs is 1. The van der Waals surface area contributed by atoms with Crippen molar-refractivity contribution in [3.8, 4) is 0 Å². The Hall–Kier alpha value is -3.42. The lowest BCUT2D eigenvalue weighted by Crippen LogP contribution is -2.36. The zero-order chi connectivity index (χ0) is 23.5. The van der Waals surface area contributed by atoms with Crippen LogP contribution in [0, 0.1) is 6.92 Å². The molecule has 176 valence electrons. The predicted molar refractivity (Wildman–Crippen MR) is 133 cm³/mol. The average molecular weight is 459 g/mol. The molecular weight excluding hydrogens is 428 g/mol. The number of nitrogens with one attached hydrogen (secondary N) is 1. The van der Waals surface area contributed by atoms with Crippen molar-refractivity contribution in [1.29, 1.82) is 0 Å². The van der Waals surface area contributed by atoms with Crippen LogP contribution in [0.5, 0.6) is 0 Å². The Labute approximate surface area is 198 Å². The Bertz CT molecular complexity index is 1400. The molecule has 1 aliphatic rings. The van der Waals surface area contributed by atoms with Gasteiger partial charge in [0.25, 0.3) is 11.1 Å².